The minimum atomic E-state index is -4.38. The highest BCUT2D eigenvalue weighted by atomic mass is 31.2. The maximum Gasteiger partial charge on any atom is 0.469 e. The van der Waals surface area contributed by atoms with E-state index in [2.05, 4.69) is 11.4 Å². The smallest absolute Gasteiger partial charge is 0.303 e. The molecule has 0 fully saturated rings. The van der Waals surface area contributed by atoms with Gasteiger partial charge in [-0.05, 0) is 12.8 Å². The molecule has 0 heterocycles. The number of unbranched alkanes of at least 4 members (excludes halogenated alkanes) is 7. The normalized spacial score (nSPS) is 11.8. The van der Waals surface area contributed by atoms with Crippen LogP contribution in [0.1, 0.15) is 77.6 Å². The Kier molecular flexibility index (Phi) is 12.4. The van der Waals surface area contributed by atoms with Crippen LogP contribution in [-0.4, -0.2) is 22.2 Å². The van der Waals surface area contributed by atoms with Crippen LogP contribution in [0.2, 0.25) is 0 Å². The molecule has 0 saturated heterocycles. The molecule has 5 nitrogen and oxygen atoms in total. The van der Waals surface area contributed by atoms with Gasteiger partial charge in [0.15, 0.2) is 0 Å². The van der Waals surface area contributed by atoms with Crippen molar-refractivity contribution in [3.8, 4) is 0 Å². The summed E-state index contributed by atoms with van der Waals surface area (Å²) < 4.78 is 14.7. The van der Waals surface area contributed by atoms with E-state index in [9.17, 15) is 9.36 Å². The fourth-order valence-corrected chi connectivity index (χ4v) is 2.40. The van der Waals surface area contributed by atoms with Gasteiger partial charge in [-0.1, -0.05) is 51.9 Å². The van der Waals surface area contributed by atoms with Gasteiger partial charge in [-0.2, -0.15) is 0 Å². The quantitative estimate of drug-likeness (QED) is 0.374. The van der Waals surface area contributed by atoms with E-state index in [1.54, 1.807) is 0 Å². The molecule has 0 aromatic rings. The monoisotopic (exact) mass is 308 g/mol. The van der Waals surface area contributed by atoms with Crippen molar-refractivity contribution in [3.05, 3.63) is 0 Å². The van der Waals surface area contributed by atoms with Crippen molar-refractivity contribution >= 4 is 13.6 Å². The van der Waals surface area contributed by atoms with Crippen molar-refractivity contribution in [2.45, 2.75) is 77.6 Å². The molecular weight excluding hydrogens is 279 g/mol. The van der Waals surface area contributed by atoms with E-state index in [4.69, 9.17) is 9.79 Å². The minimum Gasteiger partial charge on any atom is -0.303 e. The molecule has 0 spiro atoms. The molecular formula is C14H29O5P. The van der Waals surface area contributed by atoms with Gasteiger partial charge >= 0.3 is 7.82 Å². The molecule has 0 atom stereocenters. The molecule has 0 amide bonds. The highest BCUT2D eigenvalue weighted by Crippen LogP contribution is 2.35. The van der Waals surface area contributed by atoms with Crippen LogP contribution >= 0.6 is 7.82 Å². The Morgan fingerprint density at radius 3 is 1.95 bits per heavy atom. The van der Waals surface area contributed by atoms with Crippen LogP contribution in [0, 0.1) is 0 Å². The summed E-state index contributed by atoms with van der Waals surface area (Å²) in [6.45, 7) is 2.14. The third-order valence-electron chi connectivity index (χ3n) is 3.17. The Hall–Kier alpha value is -0.220. The number of hydrogen-bond acceptors (Lipinski definition) is 3. The topological polar surface area (TPSA) is 83.8 Å². The van der Waals surface area contributed by atoms with Crippen LogP contribution in [0.15, 0.2) is 0 Å². The number of hydrogen-bond donors (Lipinski definition) is 2. The van der Waals surface area contributed by atoms with E-state index < -0.39 is 7.82 Å². The molecule has 2 N–H and O–H groups in total. The van der Waals surface area contributed by atoms with Crippen molar-refractivity contribution < 1.29 is 23.7 Å². The van der Waals surface area contributed by atoms with Gasteiger partial charge in [0.05, 0.1) is 6.61 Å². The average molecular weight is 308 g/mol. The first-order valence-electron chi connectivity index (χ1n) is 7.67. The maximum atomic E-state index is 11.5. The number of ketones is 1. The van der Waals surface area contributed by atoms with Crippen molar-refractivity contribution in [2.24, 2.45) is 0 Å². The number of Topliss-reactive ketones (excluding diaryl/α,β-unsaturated/α-hetero) is 1. The van der Waals surface area contributed by atoms with Crippen LogP contribution < -0.4 is 0 Å². The second-order valence-electron chi connectivity index (χ2n) is 5.19. The predicted molar refractivity (Wildman–Crippen MR) is 79.5 cm³/mol. The predicted octanol–water partition coefficient (Wildman–Crippen LogP) is 3.98. The van der Waals surface area contributed by atoms with Crippen LogP contribution in [0.3, 0.4) is 0 Å². The van der Waals surface area contributed by atoms with E-state index in [1.165, 1.54) is 38.5 Å². The van der Waals surface area contributed by atoms with Gasteiger partial charge < -0.3 is 9.79 Å². The van der Waals surface area contributed by atoms with Crippen molar-refractivity contribution in [2.75, 3.05) is 6.61 Å². The molecule has 6 heteroatoms. The molecule has 0 aromatic carbocycles. The molecule has 0 saturated carbocycles. The first kappa shape index (κ1) is 19.8. The summed E-state index contributed by atoms with van der Waals surface area (Å²) in [5, 5.41) is 0. The lowest BCUT2D eigenvalue weighted by molar-refractivity contribution is -0.119. The second kappa shape index (κ2) is 12.5. The molecule has 0 aromatic heterocycles. The number of phosphoric acid groups is 1. The summed E-state index contributed by atoms with van der Waals surface area (Å²) >= 11 is 0. The molecule has 0 bridgehead atoms. The van der Waals surface area contributed by atoms with E-state index >= 15 is 0 Å². The minimum absolute atomic E-state index is 0.0621. The summed E-state index contributed by atoms with van der Waals surface area (Å²) in [4.78, 5) is 28.4. The van der Waals surface area contributed by atoms with Gasteiger partial charge in [0.1, 0.15) is 5.78 Å². The number of rotatable bonds is 14. The zero-order chi connectivity index (χ0) is 15.3. The Bertz CT molecular complexity index is 287. The summed E-state index contributed by atoms with van der Waals surface area (Å²) in [7, 11) is -4.38. The summed E-state index contributed by atoms with van der Waals surface area (Å²) in [5.74, 6) is 0.158. The van der Waals surface area contributed by atoms with Gasteiger partial charge in [-0.25, -0.2) is 4.57 Å². The lowest BCUT2D eigenvalue weighted by atomic mass is 10.0. The van der Waals surface area contributed by atoms with E-state index in [0.29, 0.717) is 19.3 Å². The number of phosphoric ester groups is 1. The first-order valence-corrected chi connectivity index (χ1v) is 9.20. The van der Waals surface area contributed by atoms with Gasteiger partial charge in [0, 0.05) is 12.8 Å². The summed E-state index contributed by atoms with van der Waals surface area (Å²) in [5.41, 5.74) is 0. The standard InChI is InChI=1S/C14H29O5P/c1-2-3-4-5-6-7-8-9-11-14(15)12-10-13-19-20(16,17)18/h2-13H2,1H3,(H2,16,17,18). The SMILES string of the molecule is CCCCCCCCCCC(=O)CCCOP(=O)(O)O. The lowest BCUT2D eigenvalue weighted by Gasteiger charge is -2.04. The molecule has 0 rings (SSSR count). The Morgan fingerprint density at radius 2 is 1.40 bits per heavy atom. The van der Waals surface area contributed by atoms with Crippen LogP contribution in [0.4, 0.5) is 0 Å². The Balaban J connectivity index is 3.27. The van der Waals surface area contributed by atoms with Gasteiger partial charge in [-0.15, -0.1) is 0 Å². The van der Waals surface area contributed by atoms with Gasteiger partial charge in [0.2, 0.25) is 0 Å². The van der Waals surface area contributed by atoms with E-state index in [-0.39, 0.29) is 12.4 Å². The largest absolute Gasteiger partial charge is 0.469 e. The van der Waals surface area contributed by atoms with E-state index in [1.807, 2.05) is 0 Å². The number of carbonyl (C=O) groups excluding carboxylic acids is 1. The van der Waals surface area contributed by atoms with Crippen LogP contribution in [0.25, 0.3) is 0 Å². The molecule has 0 radical (unpaired) electrons. The fourth-order valence-electron chi connectivity index (χ4n) is 2.03. The fraction of sp³-hybridized carbons (Fsp3) is 0.929. The molecule has 120 valence electrons. The molecule has 20 heavy (non-hydrogen) atoms. The van der Waals surface area contributed by atoms with Crippen molar-refractivity contribution in [3.63, 3.8) is 0 Å². The Labute approximate surface area is 122 Å². The summed E-state index contributed by atoms with van der Waals surface area (Å²) in [6.07, 6.45) is 10.9. The second-order valence-corrected chi connectivity index (χ2v) is 6.43. The molecule has 0 aliphatic rings. The molecule has 0 aliphatic carbocycles. The van der Waals surface area contributed by atoms with Crippen LogP contribution in [0.5, 0.6) is 0 Å². The third kappa shape index (κ3) is 15.8. The highest BCUT2D eigenvalue weighted by Gasteiger charge is 2.13. The van der Waals surface area contributed by atoms with Gasteiger partial charge in [-0.3, -0.25) is 9.32 Å². The average Bonchev–Trinajstić information content (AvgIpc) is 2.37. The number of carbonyl (C=O) groups is 1. The van der Waals surface area contributed by atoms with Gasteiger partial charge in [0.25, 0.3) is 0 Å². The lowest BCUT2D eigenvalue weighted by Crippen LogP contribution is -2.01. The highest BCUT2D eigenvalue weighted by molar-refractivity contribution is 7.46. The third-order valence-corrected chi connectivity index (χ3v) is 3.69. The zero-order valence-electron chi connectivity index (χ0n) is 12.6. The van der Waals surface area contributed by atoms with Crippen molar-refractivity contribution in [1.82, 2.24) is 0 Å². The van der Waals surface area contributed by atoms with Crippen molar-refractivity contribution in [1.29, 1.82) is 0 Å². The zero-order valence-corrected chi connectivity index (χ0v) is 13.4. The maximum absolute atomic E-state index is 11.5. The molecule has 0 unspecified atom stereocenters. The summed E-state index contributed by atoms with van der Waals surface area (Å²) in [6, 6.07) is 0. The molecule has 0 aliphatic heterocycles. The van der Waals surface area contributed by atoms with Crippen LogP contribution in [-0.2, 0) is 13.9 Å². The Morgan fingerprint density at radius 1 is 0.900 bits per heavy atom. The first-order chi connectivity index (χ1) is 9.45. The van der Waals surface area contributed by atoms with E-state index in [0.717, 1.165) is 12.8 Å².